The average Bonchev–Trinajstić information content (AvgIpc) is 3.13. The fourth-order valence-electron chi connectivity index (χ4n) is 2.29. The SMILES string of the molecule is CN=C(NCCc1nc(C(C)C)no1)NCc1ccc(OC)c(OC)c1. The fraction of sp³-hybridized carbons (Fsp3) is 0.500. The molecule has 2 N–H and O–H groups in total. The molecule has 8 heteroatoms. The molecule has 0 radical (unpaired) electrons. The van der Waals surface area contributed by atoms with Crippen molar-refractivity contribution in [1.29, 1.82) is 0 Å². The van der Waals surface area contributed by atoms with E-state index in [-0.39, 0.29) is 5.92 Å². The molecule has 0 unspecified atom stereocenters. The van der Waals surface area contributed by atoms with Gasteiger partial charge in [-0.05, 0) is 17.7 Å². The van der Waals surface area contributed by atoms with Gasteiger partial charge in [-0.15, -0.1) is 0 Å². The molecule has 2 rings (SSSR count). The largest absolute Gasteiger partial charge is 0.493 e. The van der Waals surface area contributed by atoms with E-state index in [2.05, 4.69) is 25.8 Å². The van der Waals surface area contributed by atoms with E-state index in [0.717, 1.165) is 11.4 Å². The lowest BCUT2D eigenvalue weighted by molar-refractivity contribution is 0.354. The highest BCUT2D eigenvalue weighted by Gasteiger charge is 2.10. The third kappa shape index (κ3) is 5.37. The number of ether oxygens (including phenoxy) is 2. The van der Waals surface area contributed by atoms with Gasteiger partial charge in [0.15, 0.2) is 23.3 Å². The van der Waals surface area contributed by atoms with E-state index in [4.69, 9.17) is 14.0 Å². The minimum Gasteiger partial charge on any atom is -0.493 e. The van der Waals surface area contributed by atoms with Gasteiger partial charge in [0, 0.05) is 32.5 Å². The number of rotatable bonds is 8. The van der Waals surface area contributed by atoms with E-state index in [1.165, 1.54) is 0 Å². The molecule has 0 amide bonds. The second kappa shape index (κ2) is 9.65. The van der Waals surface area contributed by atoms with Crippen molar-refractivity contribution in [2.45, 2.75) is 32.7 Å². The van der Waals surface area contributed by atoms with Gasteiger partial charge in [0.2, 0.25) is 5.89 Å². The zero-order chi connectivity index (χ0) is 18.9. The number of nitrogens with one attached hydrogen (secondary N) is 2. The molecule has 1 aromatic carbocycles. The van der Waals surface area contributed by atoms with Gasteiger partial charge in [-0.25, -0.2) is 0 Å². The molecule has 2 aromatic rings. The van der Waals surface area contributed by atoms with Gasteiger partial charge < -0.3 is 24.6 Å². The fourth-order valence-corrected chi connectivity index (χ4v) is 2.29. The summed E-state index contributed by atoms with van der Waals surface area (Å²) in [4.78, 5) is 8.57. The summed E-state index contributed by atoms with van der Waals surface area (Å²) in [6, 6.07) is 5.80. The number of hydrogen-bond donors (Lipinski definition) is 2. The lowest BCUT2D eigenvalue weighted by atomic mass is 10.2. The number of aliphatic imine (C=N–C) groups is 1. The highest BCUT2D eigenvalue weighted by Crippen LogP contribution is 2.27. The maximum Gasteiger partial charge on any atom is 0.228 e. The monoisotopic (exact) mass is 361 g/mol. The van der Waals surface area contributed by atoms with Gasteiger partial charge >= 0.3 is 0 Å². The molecule has 26 heavy (non-hydrogen) atoms. The summed E-state index contributed by atoms with van der Waals surface area (Å²) in [5, 5.41) is 10.5. The first-order valence-corrected chi connectivity index (χ1v) is 8.55. The molecule has 0 saturated carbocycles. The van der Waals surface area contributed by atoms with Crippen LogP contribution in [0.3, 0.4) is 0 Å². The Hall–Kier alpha value is -2.77. The Bertz CT molecular complexity index is 727. The van der Waals surface area contributed by atoms with E-state index in [1.807, 2.05) is 32.0 Å². The summed E-state index contributed by atoms with van der Waals surface area (Å²) < 4.78 is 15.8. The van der Waals surface area contributed by atoms with Gasteiger partial charge in [-0.1, -0.05) is 25.1 Å². The predicted molar refractivity (Wildman–Crippen MR) is 99.8 cm³/mol. The normalized spacial score (nSPS) is 11.5. The van der Waals surface area contributed by atoms with Gasteiger partial charge in [0.25, 0.3) is 0 Å². The summed E-state index contributed by atoms with van der Waals surface area (Å²) in [6.45, 7) is 5.32. The van der Waals surface area contributed by atoms with Gasteiger partial charge in [-0.2, -0.15) is 4.98 Å². The van der Waals surface area contributed by atoms with Crippen LogP contribution in [0.25, 0.3) is 0 Å². The smallest absolute Gasteiger partial charge is 0.228 e. The van der Waals surface area contributed by atoms with Crippen LogP contribution in [0.4, 0.5) is 0 Å². The molecule has 0 atom stereocenters. The quantitative estimate of drug-likeness (QED) is 0.549. The second-order valence-electron chi connectivity index (χ2n) is 5.99. The summed E-state index contributed by atoms with van der Waals surface area (Å²) in [5.41, 5.74) is 1.06. The summed E-state index contributed by atoms with van der Waals surface area (Å²) in [5.74, 6) is 3.72. The lowest BCUT2D eigenvalue weighted by Gasteiger charge is -2.13. The standard InChI is InChI=1S/C18H27N5O3/c1-12(2)17-22-16(26-23-17)8-9-20-18(19-3)21-11-13-6-7-14(24-4)15(10-13)25-5/h6-7,10,12H,8-9,11H2,1-5H3,(H2,19,20,21). The highest BCUT2D eigenvalue weighted by molar-refractivity contribution is 5.79. The van der Waals surface area contributed by atoms with Crippen molar-refractivity contribution in [3.63, 3.8) is 0 Å². The van der Waals surface area contributed by atoms with Crippen LogP contribution in [0, 0.1) is 0 Å². The van der Waals surface area contributed by atoms with E-state index >= 15 is 0 Å². The summed E-state index contributed by atoms with van der Waals surface area (Å²) >= 11 is 0. The first kappa shape index (κ1) is 19.6. The zero-order valence-corrected chi connectivity index (χ0v) is 16.0. The first-order chi connectivity index (χ1) is 12.6. The van der Waals surface area contributed by atoms with Crippen molar-refractivity contribution in [1.82, 2.24) is 20.8 Å². The third-order valence-corrected chi connectivity index (χ3v) is 3.76. The Labute approximate surface area is 154 Å². The minimum absolute atomic E-state index is 0.261. The van der Waals surface area contributed by atoms with Crippen molar-refractivity contribution in [3.8, 4) is 11.5 Å². The molecule has 1 heterocycles. The highest BCUT2D eigenvalue weighted by atomic mass is 16.5. The van der Waals surface area contributed by atoms with E-state index in [0.29, 0.717) is 42.9 Å². The minimum atomic E-state index is 0.261. The lowest BCUT2D eigenvalue weighted by Crippen LogP contribution is -2.37. The van der Waals surface area contributed by atoms with Crippen molar-refractivity contribution in [2.75, 3.05) is 27.8 Å². The van der Waals surface area contributed by atoms with Crippen molar-refractivity contribution in [2.24, 2.45) is 4.99 Å². The van der Waals surface area contributed by atoms with E-state index < -0.39 is 0 Å². The molecular formula is C18H27N5O3. The molecule has 0 saturated heterocycles. The molecule has 0 aliphatic heterocycles. The van der Waals surface area contributed by atoms with Crippen molar-refractivity contribution < 1.29 is 14.0 Å². The molecule has 0 fully saturated rings. The number of methoxy groups -OCH3 is 2. The van der Waals surface area contributed by atoms with Crippen molar-refractivity contribution in [3.05, 3.63) is 35.5 Å². The molecule has 0 aliphatic rings. The topological polar surface area (TPSA) is 93.8 Å². The van der Waals surface area contributed by atoms with E-state index in [1.54, 1.807) is 21.3 Å². The first-order valence-electron chi connectivity index (χ1n) is 8.55. The van der Waals surface area contributed by atoms with Gasteiger partial charge in [0.05, 0.1) is 14.2 Å². The van der Waals surface area contributed by atoms with Crippen LogP contribution in [-0.4, -0.2) is 43.9 Å². The van der Waals surface area contributed by atoms with E-state index in [9.17, 15) is 0 Å². The van der Waals surface area contributed by atoms with Crippen molar-refractivity contribution >= 4 is 5.96 Å². The molecule has 0 aliphatic carbocycles. The number of hydrogen-bond acceptors (Lipinski definition) is 6. The molecule has 1 aromatic heterocycles. The molecule has 142 valence electrons. The summed E-state index contributed by atoms with van der Waals surface area (Å²) in [7, 11) is 4.97. The Balaban J connectivity index is 1.82. The van der Waals surface area contributed by atoms with Crippen LogP contribution in [0.2, 0.25) is 0 Å². The van der Waals surface area contributed by atoms with Crippen LogP contribution in [0.15, 0.2) is 27.7 Å². The van der Waals surface area contributed by atoms with Gasteiger partial charge in [-0.3, -0.25) is 4.99 Å². The Morgan fingerprint density at radius 1 is 1.19 bits per heavy atom. The second-order valence-corrected chi connectivity index (χ2v) is 5.99. The number of nitrogens with zero attached hydrogens (tertiary/aromatic N) is 3. The maximum atomic E-state index is 5.32. The Morgan fingerprint density at radius 2 is 1.96 bits per heavy atom. The van der Waals surface area contributed by atoms with Crippen LogP contribution >= 0.6 is 0 Å². The van der Waals surface area contributed by atoms with Crippen LogP contribution in [0.1, 0.15) is 37.0 Å². The number of benzene rings is 1. The molecule has 8 nitrogen and oxygen atoms in total. The zero-order valence-electron chi connectivity index (χ0n) is 16.0. The predicted octanol–water partition coefficient (Wildman–Crippen LogP) is 2.12. The number of aromatic nitrogens is 2. The molecule has 0 spiro atoms. The molecule has 0 bridgehead atoms. The number of guanidine groups is 1. The maximum absolute atomic E-state index is 5.32. The third-order valence-electron chi connectivity index (χ3n) is 3.76. The Morgan fingerprint density at radius 3 is 2.58 bits per heavy atom. The summed E-state index contributed by atoms with van der Waals surface area (Å²) in [6.07, 6.45) is 0.636. The average molecular weight is 361 g/mol. The van der Waals surface area contributed by atoms with Gasteiger partial charge in [0.1, 0.15) is 0 Å². The van der Waals surface area contributed by atoms with Crippen LogP contribution < -0.4 is 20.1 Å². The van der Waals surface area contributed by atoms with Crippen LogP contribution in [0.5, 0.6) is 11.5 Å². The Kier molecular flexibility index (Phi) is 7.25. The molecular weight excluding hydrogens is 334 g/mol. The van der Waals surface area contributed by atoms with Crippen LogP contribution in [-0.2, 0) is 13.0 Å².